The monoisotopic (exact) mass is 444 g/mol. The molecule has 2 aromatic carbocycles. The number of phenols is 1. The van der Waals surface area contributed by atoms with Gasteiger partial charge in [-0.25, -0.2) is 4.79 Å². The van der Waals surface area contributed by atoms with Gasteiger partial charge in [0.15, 0.2) is 0 Å². The number of thiocarbonyl (C=S) groups is 1. The number of nitrogens with one attached hydrogen (secondary N) is 1. The molecule has 1 saturated heterocycles. The number of hydrogen-bond acceptors (Lipinski definition) is 7. The Bertz CT molecular complexity index is 1070. The summed E-state index contributed by atoms with van der Waals surface area (Å²) < 4.78 is 5.34. The van der Waals surface area contributed by atoms with Crippen molar-refractivity contribution >= 4 is 57.8 Å². The summed E-state index contributed by atoms with van der Waals surface area (Å²) in [4.78, 5) is 37.6. The third-order valence-corrected chi connectivity index (χ3v) is 5.48. The predicted molar refractivity (Wildman–Crippen MR) is 117 cm³/mol. The van der Waals surface area contributed by atoms with Gasteiger partial charge in [-0.05, 0) is 42.0 Å². The van der Waals surface area contributed by atoms with Crippen LogP contribution in [0.5, 0.6) is 11.5 Å². The summed E-state index contributed by atoms with van der Waals surface area (Å²) in [5.74, 6) is -2.01. The molecule has 1 aliphatic heterocycles. The summed E-state index contributed by atoms with van der Waals surface area (Å²) in [6, 6.07) is 10.8. The fraction of sp³-hybridized carbons (Fsp3) is 0.100. The van der Waals surface area contributed by atoms with Gasteiger partial charge < -0.3 is 20.3 Å². The Hall–Kier alpha value is -3.37. The van der Waals surface area contributed by atoms with E-state index in [0.717, 1.165) is 29.5 Å². The third-order valence-electron chi connectivity index (χ3n) is 4.10. The van der Waals surface area contributed by atoms with Crippen molar-refractivity contribution in [3.8, 4) is 11.5 Å². The van der Waals surface area contributed by atoms with Crippen molar-refractivity contribution in [2.75, 3.05) is 19.0 Å². The van der Waals surface area contributed by atoms with Crippen LogP contribution in [-0.2, 0) is 9.59 Å². The summed E-state index contributed by atoms with van der Waals surface area (Å²) in [7, 11) is 1.56. The van der Waals surface area contributed by atoms with E-state index in [1.165, 1.54) is 11.0 Å². The summed E-state index contributed by atoms with van der Waals surface area (Å²) in [5, 5.41) is 21.1. The highest BCUT2D eigenvalue weighted by atomic mass is 32.2. The quantitative estimate of drug-likeness (QED) is 0.354. The van der Waals surface area contributed by atoms with Gasteiger partial charge in [0.1, 0.15) is 27.9 Å². The fourth-order valence-corrected chi connectivity index (χ4v) is 3.87. The Labute approximate surface area is 181 Å². The number of carboxylic acid groups (broad SMARTS) is 1. The summed E-state index contributed by atoms with van der Waals surface area (Å²) in [6.45, 7) is -0.325. The van der Waals surface area contributed by atoms with E-state index in [2.05, 4.69) is 5.32 Å². The lowest BCUT2D eigenvalue weighted by Crippen LogP contribution is -2.36. The zero-order chi connectivity index (χ0) is 21.8. The molecule has 10 heteroatoms. The van der Waals surface area contributed by atoms with Crippen LogP contribution in [0.3, 0.4) is 0 Å². The lowest BCUT2D eigenvalue weighted by atomic mass is 10.2. The van der Waals surface area contributed by atoms with Crippen LogP contribution in [0.1, 0.15) is 15.9 Å². The highest BCUT2D eigenvalue weighted by molar-refractivity contribution is 8.26. The summed E-state index contributed by atoms with van der Waals surface area (Å²) in [6.07, 6.45) is 1.68. The molecule has 30 heavy (non-hydrogen) atoms. The predicted octanol–water partition coefficient (Wildman–Crippen LogP) is 2.94. The standard InChI is InChI=1S/C20H16N2O6S2/c1-28-13-5-2-11(3-6-13)8-16-18(25)22(20(29)30-16)10-17(24)21-12-4-7-15(23)14(9-12)19(26)27/h2-9,23H,10H2,1H3,(H,21,24)(H,26,27)/b16-8-. The molecule has 154 valence electrons. The van der Waals surface area contributed by atoms with E-state index in [1.807, 2.05) is 0 Å². The SMILES string of the molecule is COc1ccc(/C=C2\SC(=S)N(CC(=O)Nc3ccc(O)c(C(=O)O)c3)C2=O)cc1. The molecule has 0 atom stereocenters. The minimum Gasteiger partial charge on any atom is -0.507 e. The van der Waals surface area contributed by atoms with Gasteiger partial charge in [0.25, 0.3) is 5.91 Å². The first-order chi connectivity index (χ1) is 14.3. The molecule has 1 heterocycles. The molecule has 2 amide bonds. The number of rotatable bonds is 6. The van der Waals surface area contributed by atoms with Crippen molar-refractivity contribution in [1.29, 1.82) is 0 Å². The van der Waals surface area contributed by atoms with Crippen molar-refractivity contribution < 1.29 is 29.3 Å². The number of thioether (sulfide) groups is 1. The van der Waals surface area contributed by atoms with Crippen LogP contribution >= 0.6 is 24.0 Å². The van der Waals surface area contributed by atoms with Crippen molar-refractivity contribution in [2.45, 2.75) is 0 Å². The normalized spacial score (nSPS) is 14.8. The minimum absolute atomic E-state index is 0.175. The molecule has 0 aliphatic carbocycles. The number of benzene rings is 2. The maximum Gasteiger partial charge on any atom is 0.339 e. The zero-order valence-electron chi connectivity index (χ0n) is 15.6. The van der Waals surface area contributed by atoms with Gasteiger partial charge in [-0.3, -0.25) is 14.5 Å². The number of carbonyl (C=O) groups is 3. The van der Waals surface area contributed by atoms with E-state index in [0.29, 0.717) is 10.7 Å². The second-order valence-electron chi connectivity index (χ2n) is 6.13. The van der Waals surface area contributed by atoms with E-state index < -0.39 is 23.5 Å². The van der Waals surface area contributed by atoms with Gasteiger partial charge in [-0.1, -0.05) is 36.1 Å². The molecule has 8 nitrogen and oxygen atoms in total. The molecule has 0 saturated carbocycles. The second-order valence-corrected chi connectivity index (χ2v) is 7.80. The van der Waals surface area contributed by atoms with Crippen LogP contribution in [0.2, 0.25) is 0 Å². The Morgan fingerprint density at radius 2 is 1.93 bits per heavy atom. The molecule has 0 unspecified atom stereocenters. The molecular weight excluding hydrogens is 428 g/mol. The van der Waals surface area contributed by atoms with E-state index in [4.69, 9.17) is 22.1 Å². The van der Waals surface area contributed by atoms with Gasteiger partial charge in [-0.2, -0.15) is 0 Å². The van der Waals surface area contributed by atoms with Crippen LogP contribution in [0.15, 0.2) is 47.4 Å². The molecule has 1 aliphatic rings. The maximum atomic E-state index is 12.7. The second kappa shape index (κ2) is 8.97. The van der Waals surface area contributed by atoms with Gasteiger partial charge in [0, 0.05) is 5.69 Å². The van der Waals surface area contributed by atoms with Gasteiger partial charge in [0.2, 0.25) is 5.91 Å². The fourth-order valence-electron chi connectivity index (χ4n) is 2.62. The van der Waals surface area contributed by atoms with Crippen molar-refractivity contribution in [3.63, 3.8) is 0 Å². The highest BCUT2D eigenvalue weighted by Gasteiger charge is 2.33. The average molecular weight is 444 g/mol. The number of carbonyl (C=O) groups excluding carboxylic acids is 2. The number of carboxylic acids is 1. The molecule has 0 aromatic heterocycles. The van der Waals surface area contributed by atoms with Crippen LogP contribution < -0.4 is 10.1 Å². The molecular formula is C20H16N2O6S2. The molecule has 1 fully saturated rings. The first kappa shape index (κ1) is 21.3. The van der Waals surface area contributed by atoms with Gasteiger partial charge in [0.05, 0.1) is 12.0 Å². The van der Waals surface area contributed by atoms with E-state index in [1.54, 1.807) is 37.5 Å². The van der Waals surface area contributed by atoms with Crippen molar-refractivity contribution in [2.24, 2.45) is 0 Å². The van der Waals surface area contributed by atoms with Gasteiger partial charge in [-0.15, -0.1) is 0 Å². The Kier molecular flexibility index (Phi) is 6.38. The van der Waals surface area contributed by atoms with Gasteiger partial charge >= 0.3 is 5.97 Å². The van der Waals surface area contributed by atoms with Crippen LogP contribution in [0, 0.1) is 0 Å². The Morgan fingerprint density at radius 1 is 1.23 bits per heavy atom. The summed E-state index contributed by atoms with van der Waals surface area (Å²) >= 11 is 6.31. The number of amides is 2. The number of hydrogen-bond donors (Lipinski definition) is 3. The molecule has 2 aromatic rings. The maximum absolute atomic E-state index is 12.7. The molecule has 3 rings (SSSR count). The Balaban J connectivity index is 1.69. The average Bonchev–Trinajstić information content (AvgIpc) is 2.97. The van der Waals surface area contributed by atoms with E-state index >= 15 is 0 Å². The zero-order valence-corrected chi connectivity index (χ0v) is 17.3. The number of ether oxygens (including phenoxy) is 1. The smallest absolute Gasteiger partial charge is 0.339 e. The number of anilines is 1. The lowest BCUT2D eigenvalue weighted by Gasteiger charge is -2.14. The molecule has 3 N–H and O–H groups in total. The molecule has 0 radical (unpaired) electrons. The molecule has 0 bridgehead atoms. The summed E-state index contributed by atoms with van der Waals surface area (Å²) in [5.41, 5.74) is 0.612. The van der Waals surface area contributed by atoms with Crippen LogP contribution in [-0.4, -0.2) is 50.9 Å². The topological polar surface area (TPSA) is 116 Å². The number of methoxy groups -OCH3 is 1. The van der Waals surface area contributed by atoms with Crippen molar-refractivity contribution in [1.82, 2.24) is 4.90 Å². The lowest BCUT2D eigenvalue weighted by molar-refractivity contribution is -0.126. The third kappa shape index (κ3) is 4.78. The first-order valence-corrected chi connectivity index (χ1v) is 9.76. The highest BCUT2D eigenvalue weighted by Crippen LogP contribution is 2.32. The minimum atomic E-state index is -1.33. The number of nitrogens with zero attached hydrogens (tertiary/aromatic N) is 1. The van der Waals surface area contributed by atoms with E-state index in [-0.39, 0.29) is 22.1 Å². The van der Waals surface area contributed by atoms with Crippen LogP contribution in [0.4, 0.5) is 5.69 Å². The van der Waals surface area contributed by atoms with Crippen molar-refractivity contribution in [3.05, 3.63) is 58.5 Å². The Morgan fingerprint density at radius 3 is 2.57 bits per heavy atom. The number of aromatic carboxylic acids is 1. The van der Waals surface area contributed by atoms with Crippen LogP contribution in [0.25, 0.3) is 6.08 Å². The molecule has 0 spiro atoms. The largest absolute Gasteiger partial charge is 0.507 e. The first-order valence-electron chi connectivity index (χ1n) is 8.54. The van der Waals surface area contributed by atoms with E-state index in [9.17, 15) is 19.5 Å². The number of aromatic hydroxyl groups is 1.